The largest absolute Gasteiger partial charge is 0.495 e. The standard InChI is InChI=1S/C16H20ClFN2.C9H9NO4.C6H4ClF/c1-16(2,3)7-14-11(8-19)12(9-20-14)10-5-4-6-13(17)15(10)18;1-14-8-4-6(9(12)13)2-3-7(8)10-5-11;7-5-2-1-3-6(8)4-5/h4-6,11-12,14,20H,7,9H2,1-3H3;2-5H,1H3,(H,10,11)(H,12,13);1-4H. The lowest BCUT2D eigenvalue weighted by atomic mass is 9.79. The highest BCUT2D eigenvalue weighted by atomic mass is 35.5. The van der Waals surface area contributed by atoms with Gasteiger partial charge in [-0.2, -0.15) is 5.26 Å². The number of hydrogen-bond donors (Lipinski definition) is 3. The number of nitrogens with zero attached hydrogens (tertiary/aromatic N) is 1. The van der Waals surface area contributed by atoms with Crippen LogP contribution in [0.25, 0.3) is 0 Å². The molecule has 3 aromatic carbocycles. The maximum absolute atomic E-state index is 14.2. The maximum atomic E-state index is 14.2. The van der Waals surface area contributed by atoms with Gasteiger partial charge in [-0.05, 0) is 59.9 Å². The maximum Gasteiger partial charge on any atom is 0.335 e. The number of carboxylic acid groups (broad SMARTS) is 1. The molecule has 0 aromatic heterocycles. The molecule has 0 aliphatic carbocycles. The number of carboxylic acids is 1. The minimum absolute atomic E-state index is 0.100. The molecule has 7 nitrogen and oxygen atoms in total. The monoisotopic (exact) mass is 619 g/mol. The lowest BCUT2D eigenvalue weighted by Crippen LogP contribution is -2.31. The van der Waals surface area contributed by atoms with Gasteiger partial charge in [0, 0.05) is 23.5 Å². The van der Waals surface area contributed by atoms with Gasteiger partial charge in [0.05, 0.1) is 35.4 Å². The summed E-state index contributed by atoms with van der Waals surface area (Å²) in [6.45, 7) is 7.07. The summed E-state index contributed by atoms with van der Waals surface area (Å²) in [6, 6.07) is 17.5. The zero-order valence-corrected chi connectivity index (χ0v) is 25.1. The van der Waals surface area contributed by atoms with Crippen molar-refractivity contribution in [1.82, 2.24) is 5.32 Å². The molecule has 0 bridgehead atoms. The molecule has 0 saturated carbocycles. The van der Waals surface area contributed by atoms with Gasteiger partial charge in [-0.1, -0.05) is 62.2 Å². The van der Waals surface area contributed by atoms with E-state index in [2.05, 4.69) is 37.5 Å². The highest BCUT2D eigenvalue weighted by Gasteiger charge is 2.39. The predicted octanol–water partition coefficient (Wildman–Crippen LogP) is 7.55. The summed E-state index contributed by atoms with van der Waals surface area (Å²) in [5, 5.41) is 24.5. The van der Waals surface area contributed by atoms with E-state index < -0.39 is 11.8 Å². The number of hydrogen-bond acceptors (Lipinski definition) is 5. The Hall–Kier alpha value is -3.71. The Morgan fingerprint density at radius 1 is 1.17 bits per heavy atom. The van der Waals surface area contributed by atoms with Gasteiger partial charge in [0.1, 0.15) is 17.4 Å². The normalized spacial score (nSPS) is 17.5. The van der Waals surface area contributed by atoms with E-state index in [0.717, 1.165) is 6.42 Å². The smallest absolute Gasteiger partial charge is 0.335 e. The minimum atomic E-state index is -1.04. The molecule has 1 aliphatic heterocycles. The average Bonchev–Trinajstić information content (AvgIpc) is 3.31. The van der Waals surface area contributed by atoms with Crippen LogP contribution in [0.5, 0.6) is 5.75 Å². The van der Waals surface area contributed by atoms with E-state index in [1.165, 1.54) is 43.5 Å². The molecule has 3 atom stereocenters. The highest BCUT2D eigenvalue weighted by Crippen LogP contribution is 2.38. The van der Waals surface area contributed by atoms with Gasteiger partial charge in [-0.3, -0.25) is 4.79 Å². The first-order chi connectivity index (χ1) is 19.8. The second kappa shape index (κ2) is 16.1. The number of carbonyl (C=O) groups is 2. The van der Waals surface area contributed by atoms with Gasteiger partial charge in [-0.25, -0.2) is 13.6 Å². The number of halogens is 4. The number of ether oxygens (including phenoxy) is 1. The molecule has 1 saturated heterocycles. The number of amides is 1. The Bertz CT molecular complexity index is 1390. The van der Waals surface area contributed by atoms with Crippen molar-refractivity contribution in [3.8, 4) is 11.8 Å². The Morgan fingerprint density at radius 3 is 2.38 bits per heavy atom. The van der Waals surface area contributed by atoms with Gasteiger partial charge in [0.25, 0.3) is 0 Å². The molecule has 11 heteroatoms. The third kappa shape index (κ3) is 10.3. The molecule has 1 fully saturated rings. The van der Waals surface area contributed by atoms with E-state index in [-0.39, 0.29) is 39.7 Å². The van der Waals surface area contributed by atoms with E-state index in [1.807, 2.05) is 0 Å². The first-order valence-corrected chi connectivity index (χ1v) is 13.7. The summed E-state index contributed by atoms with van der Waals surface area (Å²) in [7, 11) is 1.40. The highest BCUT2D eigenvalue weighted by molar-refractivity contribution is 6.31. The van der Waals surface area contributed by atoms with Gasteiger partial charge >= 0.3 is 5.97 Å². The van der Waals surface area contributed by atoms with E-state index in [1.54, 1.807) is 24.3 Å². The van der Waals surface area contributed by atoms with Crippen molar-refractivity contribution in [3.05, 3.63) is 93.5 Å². The van der Waals surface area contributed by atoms with Crippen molar-refractivity contribution < 1.29 is 28.2 Å². The Morgan fingerprint density at radius 2 is 1.86 bits per heavy atom. The van der Waals surface area contributed by atoms with Crippen LogP contribution in [-0.4, -0.2) is 37.2 Å². The number of benzene rings is 3. The van der Waals surface area contributed by atoms with Crippen molar-refractivity contribution in [2.75, 3.05) is 19.0 Å². The zero-order chi connectivity index (χ0) is 31.4. The van der Waals surface area contributed by atoms with Crippen LogP contribution in [0.15, 0.2) is 60.7 Å². The number of aromatic carboxylic acids is 1. The van der Waals surface area contributed by atoms with Crippen LogP contribution < -0.4 is 15.4 Å². The minimum Gasteiger partial charge on any atom is -0.495 e. The SMILES string of the molecule is CC(C)(C)CC1NCC(c2cccc(Cl)c2F)C1C#N.COc1cc(C(=O)O)ccc1NC=O.Fc1cccc(Cl)c1. The third-order valence-corrected chi connectivity index (χ3v) is 6.81. The molecule has 1 aliphatic rings. The van der Waals surface area contributed by atoms with Crippen LogP contribution in [0.2, 0.25) is 10.0 Å². The summed E-state index contributed by atoms with van der Waals surface area (Å²) in [5.74, 6) is -1.76. The average molecular weight is 621 g/mol. The van der Waals surface area contributed by atoms with Crippen molar-refractivity contribution in [3.63, 3.8) is 0 Å². The van der Waals surface area contributed by atoms with Crippen LogP contribution in [0, 0.1) is 34.3 Å². The van der Waals surface area contributed by atoms with Gasteiger partial charge < -0.3 is 20.5 Å². The molecule has 3 aromatic rings. The van der Waals surface area contributed by atoms with Gasteiger partial charge in [0.15, 0.2) is 0 Å². The van der Waals surface area contributed by atoms with E-state index in [4.69, 9.17) is 33.0 Å². The van der Waals surface area contributed by atoms with Crippen LogP contribution in [0.3, 0.4) is 0 Å². The number of nitriles is 1. The molecule has 3 N–H and O–H groups in total. The molecule has 1 heterocycles. The summed E-state index contributed by atoms with van der Waals surface area (Å²) < 4.78 is 31.1. The molecule has 3 unspecified atom stereocenters. The lowest BCUT2D eigenvalue weighted by Gasteiger charge is -2.26. The molecule has 224 valence electrons. The fourth-order valence-electron chi connectivity index (χ4n) is 4.43. The molecule has 4 rings (SSSR count). The first-order valence-electron chi connectivity index (χ1n) is 12.9. The van der Waals surface area contributed by atoms with Crippen LogP contribution in [0.1, 0.15) is 49.0 Å². The summed E-state index contributed by atoms with van der Waals surface area (Å²) in [4.78, 5) is 20.8. The number of nitrogens with one attached hydrogen (secondary N) is 2. The Labute approximate surface area is 254 Å². The third-order valence-electron chi connectivity index (χ3n) is 6.28. The van der Waals surface area contributed by atoms with Crippen molar-refractivity contribution >= 4 is 41.3 Å². The first kappa shape index (κ1) is 34.5. The summed E-state index contributed by atoms with van der Waals surface area (Å²) in [6.07, 6.45) is 1.39. The van der Waals surface area contributed by atoms with Crippen LogP contribution in [-0.2, 0) is 4.79 Å². The molecular weight excluding hydrogens is 587 g/mol. The molecule has 42 heavy (non-hydrogen) atoms. The van der Waals surface area contributed by atoms with Gasteiger partial charge in [-0.15, -0.1) is 0 Å². The summed E-state index contributed by atoms with van der Waals surface area (Å²) in [5.41, 5.74) is 1.23. The quantitative estimate of drug-likeness (QED) is 0.246. The Balaban J connectivity index is 0.000000242. The van der Waals surface area contributed by atoms with Crippen molar-refractivity contribution in [2.45, 2.75) is 39.2 Å². The van der Waals surface area contributed by atoms with Crippen LogP contribution in [0.4, 0.5) is 14.5 Å². The molecule has 0 spiro atoms. The fraction of sp³-hybridized carbons (Fsp3) is 0.323. The van der Waals surface area contributed by atoms with E-state index in [9.17, 15) is 23.6 Å². The molecule has 0 radical (unpaired) electrons. The number of anilines is 1. The van der Waals surface area contributed by atoms with E-state index in [0.29, 0.717) is 35.0 Å². The second-order valence-electron chi connectivity index (χ2n) is 10.6. The van der Waals surface area contributed by atoms with Crippen LogP contribution >= 0.6 is 23.2 Å². The number of carbonyl (C=O) groups excluding carboxylic acids is 1. The zero-order valence-electron chi connectivity index (χ0n) is 23.6. The Kier molecular flexibility index (Phi) is 13.2. The topological polar surface area (TPSA) is 111 Å². The van der Waals surface area contributed by atoms with Gasteiger partial charge in [0.2, 0.25) is 6.41 Å². The van der Waals surface area contributed by atoms with Crippen molar-refractivity contribution in [2.24, 2.45) is 11.3 Å². The lowest BCUT2D eigenvalue weighted by molar-refractivity contribution is -0.105. The molecule has 1 amide bonds. The number of methoxy groups -OCH3 is 1. The van der Waals surface area contributed by atoms with Crippen molar-refractivity contribution in [1.29, 1.82) is 5.26 Å². The summed E-state index contributed by atoms with van der Waals surface area (Å²) >= 11 is 11.3. The molecular formula is C31H33Cl2F2N3O4. The fourth-order valence-corrected chi connectivity index (χ4v) is 4.79. The second-order valence-corrected chi connectivity index (χ2v) is 11.4. The predicted molar refractivity (Wildman–Crippen MR) is 160 cm³/mol. The number of rotatable bonds is 6. The van der Waals surface area contributed by atoms with E-state index >= 15 is 0 Å².